The summed E-state index contributed by atoms with van der Waals surface area (Å²) in [7, 11) is 1.62. The van der Waals surface area contributed by atoms with Gasteiger partial charge >= 0.3 is 0 Å². The molecule has 1 heterocycles. The smallest absolute Gasteiger partial charge is 0.277 e. The number of ether oxygens (including phenoxy) is 1. The Morgan fingerprint density at radius 3 is 2.46 bits per heavy atom. The topological polar surface area (TPSA) is 77.2 Å². The van der Waals surface area contributed by atoms with E-state index in [0.29, 0.717) is 17.7 Å². The predicted octanol–water partition coefficient (Wildman–Crippen LogP) is 4.16. The quantitative estimate of drug-likeness (QED) is 0.603. The van der Waals surface area contributed by atoms with Crippen LogP contribution in [0.5, 0.6) is 5.75 Å². The lowest BCUT2D eigenvalue weighted by atomic mass is 10.1. The molecule has 1 amide bonds. The van der Waals surface area contributed by atoms with Gasteiger partial charge in [-0.05, 0) is 50.6 Å². The minimum Gasteiger partial charge on any atom is -0.497 e. The van der Waals surface area contributed by atoms with Gasteiger partial charge in [0.25, 0.3) is 5.22 Å². The van der Waals surface area contributed by atoms with E-state index in [-0.39, 0.29) is 11.2 Å². The number of nitrogens with zero attached hydrogens (tertiary/aromatic N) is 2. The number of rotatable bonds is 7. The summed E-state index contributed by atoms with van der Waals surface area (Å²) in [6, 6.07) is 13.7. The molecule has 28 heavy (non-hydrogen) atoms. The highest BCUT2D eigenvalue weighted by molar-refractivity contribution is 8.00. The summed E-state index contributed by atoms with van der Waals surface area (Å²) in [6.45, 7) is 6.32. The van der Waals surface area contributed by atoms with Gasteiger partial charge in [-0.2, -0.15) is 0 Å². The summed E-state index contributed by atoms with van der Waals surface area (Å²) in [6.07, 6.45) is 0. The Bertz CT molecular complexity index is 934. The molecule has 0 aliphatic rings. The monoisotopic (exact) mass is 397 g/mol. The number of benzene rings is 2. The first-order chi connectivity index (χ1) is 13.4. The van der Waals surface area contributed by atoms with Crippen molar-refractivity contribution in [2.45, 2.75) is 37.8 Å². The van der Waals surface area contributed by atoms with E-state index in [2.05, 4.69) is 21.6 Å². The zero-order chi connectivity index (χ0) is 20.1. The second-order valence-electron chi connectivity index (χ2n) is 6.58. The molecule has 0 saturated carbocycles. The highest BCUT2D eigenvalue weighted by Crippen LogP contribution is 2.27. The van der Waals surface area contributed by atoms with Gasteiger partial charge in [0, 0.05) is 12.1 Å². The summed E-state index contributed by atoms with van der Waals surface area (Å²) in [5, 5.41) is 11.1. The van der Waals surface area contributed by atoms with Gasteiger partial charge < -0.3 is 14.5 Å². The van der Waals surface area contributed by atoms with Crippen molar-refractivity contribution in [2.24, 2.45) is 0 Å². The number of amides is 1. The van der Waals surface area contributed by atoms with Gasteiger partial charge in [-0.25, -0.2) is 0 Å². The molecule has 0 saturated heterocycles. The third kappa shape index (κ3) is 5.13. The maximum Gasteiger partial charge on any atom is 0.277 e. The fraction of sp³-hybridized carbons (Fsp3) is 0.286. The predicted molar refractivity (Wildman–Crippen MR) is 109 cm³/mol. The fourth-order valence-corrected chi connectivity index (χ4v) is 3.46. The normalized spacial score (nSPS) is 11.9. The van der Waals surface area contributed by atoms with Crippen molar-refractivity contribution in [1.29, 1.82) is 0 Å². The second-order valence-corrected chi connectivity index (χ2v) is 7.87. The number of carbonyl (C=O) groups excluding carboxylic acids is 1. The van der Waals surface area contributed by atoms with Crippen LogP contribution in [-0.2, 0) is 11.3 Å². The summed E-state index contributed by atoms with van der Waals surface area (Å²) in [4.78, 5) is 12.4. The summed E-state index contributed by atoms with van der Waals surface area (Å²) in [5.41, 5.74) is 4.15. The number of carbonyl (C=O) groups is 1. The molecule has 146 valence electrons. The zero-order valence-electron chi connectivity index (χ0n) is 16.4. The molecule has 1 atom stereocenters. The SMILES string of the molecule is COc1ccc(CNC(=O)C(C)Sc2nnc(-c3cc(C)cc(C)c3)o2)cc1. The minimum atomic E-state index is -0.356. The Morgan fingerprint density at radius 2 is 1.82 bits per heavy atom. The summed E-state index contributed by atoms with van der Waals surface area (Å²) in [5.74, 6) is 1.15. The van der Waals surface area contributed by atoms with E-state index in [1.165, 1.54) is 11.8 Å². The average molecular weight is 398 g/mol. The lowest BCUT2D eigenvalue weighted by molar-refractivity contribution is -0.120. The number of hydrogen-bond donors (Lipinski definition) is 1. The van der Waals surface area contributed by atoms with Crippen molar-refractivity contribution in [2.75, 3.05) is 7.11 Å². The zero-order valence-corrected chi connectivity index (χ0v) is 17.2. The lowest BCUT2D eigenvalue weighted by Crippen LogP contribution is -2.30. The Hall–Kier alpha value is -2.80. The van der Waals surface area contributed by atoms with E-state index in [0.717, 1.165) is 28.0 Å². The maximum absolute atomic E-state index is 12.4. The molecular weight excluding hydrogens is 374 g/mol. The van der Waals surface area contributed by atoms with Crippen molar-refractivity contribution in [3.05, 3.63) is 59.2 Å². The molecule has 6 nitrogen and oxygen atoms in total. The van der Waals surface area contributed by atoms with Crippen LogP contribution < -0.4 is 10.1 Å². The van der Waals surface area contributed by atoms with Crippen molar-refractivity contribution < 1.29 is 13.9 Å². The summed E-state index contributed by atoms with van der Waals surface area (Å²) < 4.78 is 10.9. The molecule has 3 aromatic rings. The largest absolute Gasteiger partial charge is 0.497 e. The van der Waals surface area contributed by atoms with E-state index in [4.69, 9.17) is 9.15 Å². The molecule has 0 bridgehead atoms. The van der Waals surface area contributed by atoms with Crippen LogP contribution in [0.2, 0.25) is 0 Å². The number of methoxy groups -OCH3 is 1. The van der Waals surface area contributed by atoms with Gasteiger partial charge in [-0.3, -0.25) is 4.79 Å². The van der Waals surface area contributed by atoms with Crippen LogP contribution in [0.1, 0.15) is 23.6 Å². The number of aryl methyl sites for hydroxylation is 2. The minimum absolute atomic E-state index is 0.0908. The number of nitrogens with one attached hydrogen (secondary N) is 1. The van der Waals surface area contributed by atoms with Crippen LogP contribution in [0, 0.1) is 13.8 Å². The van der Waals surface area contributed by atoms with Crippen LogP contribution in [0.4, 0.5) is 0 Å². The molecule has 1 unspecified atom stereocenters. The standard InChI is InChI=1S/C21H23N3O3S/c1-13-9-14(2)11-17(10-13)20-23-24-21(27-20)28-15(3)19(25)22-12-16-5-7-18(26-4)8-6-16/h5-11,15H,12H2,1-4H3,(H,22,25). The van der Waals surface area contributed by atoms with E-state index in [9.17, 15) is 4.79 Å². The lowest BCUT2D eigenvalue weighted by Gasteiger charge is -2.10. The van der Waals surface area contributed by atoms with Crippen LogP contribution in [0.3, 0.4) is 0 Å². The number of hydrogen-bond acceptors (Lipinski definition) is 6. The molecule has 0 aliphatic heterocycles. The van der Waals surface area contributed by atoms with Gasteiger partial charge in [0.2, 0.25) is 11.8 Å². The Morgan fingerprint density at radius 1 is 1.14 bits per heavy atom. The first-order valence-electron chi connectivity index (χ1n) is 8.94. The highest BCUT2D eigenvalue weighted by atomic mass is 32.2. The highest BCUT2D eigenvalue weighted by Gasteiger charge is 2.18. The molecule has 7 heteroatoms. The van der Waals surface area contributed by atoms with E-state index >= 15 is 0 Å². The third-order valence-corrected chi connectivity index (χ3v) is 5.08. The van der Waals surface area contributed by atoms with Crippen LogP contribution in [-0.4, -0.2) is 28.5 Å². The Labute approximate surface area is 168 Å². The van der Waals surface area contributed by atoms with Crippen molar-refractivity contribution in [3.63, 3.8) is 0 Å². The molecule has 1 aromatic heterocycles. The van der Waals surface area contributed by atoms with Gasteiger partial charge in [-0.1, -0.05) is 41.1 Å². The molecule has 0 spiro atoms. The van der Waals surface area contributed by atoms with Crippen molar-refractivity contribution in [3.8, 4) is 17.2 Å². The van der Waals surface area contributed by atoms with Gasteiger partial charge in [0.1, 0.15) is 5.75 Å². The molecule has 0 aliphatic carbocycles. The molecule has 0 fully saturated rings. The maximum atomic E-state index is 12.4. The van der Waals surface area contributed by atoms with E-state index in [1.807, 2.05) is 57.2 Å². The van der Waals surface area contributed by atoms with Gasteiger partial charge in [-0.15, -0.1) is 10.2 Å². The Kier molecular flexibility index (Phi) is 6.36. The molecule has 3 rings (SSSR count). The van der Waals surface area contributed by atoms with Gasteiger partial charge in [0.05, 0.1) is 12.4 Å². The Balaban J connectivity index is 1.57. The molecule has 1 N–H and O–H groups in total. The van der Waals surface area contributed by atoms with Crippen molar-refractivity contribution in [1.82, 2.24) is 15.5 Å². The number of aromatic nitrogens is 2. The van der Waals surface area contributed by atoms with Crippen LogP contribution in [0.15, 0.2) is 52.1 Å². The van der Waals surface area contributed by atoms with Crippen LogP contribution in [0.25, 0.3) is 11.5 Å². The van der Waals surface area contributed by atoms with E-state index in [1.54, 1.807) is 7.11 Å². The first-order valence-corrected chi connectivity index (χ1v) is 9.82. The molecular formula is C21H23N3O3S. The van der Waals surface area contributed by atoms with E-state index < -0.39 is 0 Å². The van der Waals surface area contributed by atoms with Gasteiger partial charge in [0.15, 0.2) is 0 Å². The van der Waals surface area contributed by atoms with Crippen molar-refractivity contribution >= 4 is 17.7 Å². The fourth-order valence-electron chi connectivity index (χ4n) is 2.75. The van der Waals surface area contributed by atoms with Crippen LogP contribution >= 0.6 is 11.8 Å². The molecule has 0 radical (unpaired) electrons. The first kappa shape index (κ1) is 19.9. The average Bonchev–Trinajstić information content (AvgIpc) is 3.14. The molecule has 2 aromatic carbocycles. The third-order valence-electron chi connectivity index (χ3n) is 4.15. The second kappa shape index (κ2) is 8.93. The number of thioether (sulfide) groups is 1. The summed E-state index contributed by atoms with van der Waals surface area (Å²) >= 11 is 1.24.